The lowest BCUT2D eigenvalue weighted by Crippen LogP contribution is -2.63. The zero-order chi connectivity index (χ0) is 33.1. The Morgan fingerprint density at radius 2 is 1.66 bits per heavy atom. The molecule has 3 fully saturated rings. The van der Waals surface area contributed by atoms with Crippen LogP contribution in [-0.4, -0.2) is 116 Å². The molecule has 2 aromatic heterocycles. The Kier molecular flexibility index (Phi) is 9.78. The van der Waals surface area contributed by atoms with E-state index in [9.17, 15) is 14.4 Å². The zero-order valence-corrected chi connectivity index (χ0v) is 28.3. The molecule has 0 unspecified atom stereocenters. The maximum atomic E-state index is 14.0. The Bertz CT molecular complexity index is 1610. The summed E-state index contributed by atoms with van der Waals surface area (Å²) in [5, 5.41) is 7.20. The number of likely N-dealkylation sites (N-methyl/N-ethyl adjacent to an activating group) is 1. The van der Waals surface area contributed by atoms with Crippen LogP contribution in [0.2, 0.25) is 0 Å². The number of aryl methyl sites for hydroxylation is 1. The minimum absolute atomic E-state index is 0.120. The van der Waals surface area contributed by atoms with Gasteiger partial charge in [0.2, 0.25) is 5.91 Å². The van der Waals surface area contributed by atoms with Gasteiger partial charge in [0.1, 0.15) is 10.5 Å². The quantitative estimate of drug-likeness (QED) is 0.388. The second-order valence-corrected chi connectivity index (χ2v) is 13.7. The number of rotatable bonds is 7. The van der Waals surface area contributed by atoms with Gasteiger partial charge in [-0.15, -0.1) is 0 Å². The van der Waals surface area contributed by atoms with E-state index in [4.69, 9.17) is 14.5 Å². The summed E-state index contributed by atoms with van der Waals surface area (Å²) in [6.45, 7) is 13.0. The first kappa shape index (κ1) is 32.9. The van der Waals surface area contributed by atoms with E-state index in [1.54, 1.807) is 30.7 Å². The molecule has 0 aliphatic carbocycles. The summed E-state index contributed by atoms with van der Waals surface area (Å²) in [5.74, 6) is -0.408. The standard InChI is InChI=1S/C34H43N7O5S/c1-23-5-7-25(19-27(23)24-6-8-26(35-21-24)22-39-11-15-45-16-12-39)36-33(44)37-30-28(20-29(47-30)40-13-17-46-18-14-40)31(42)41-10-9-38(4)32(43)34(41,2)3/h5-8,19-21H,9-18,22H2,1-4H3,(H2,36,37,44). The number of carbonyl (C=O) groups excluding carboxylic acids is 3. The molecule has 4 amide bonds. The van der Waals surface area contributed by atoms with Crippen LogP contribution in [0.4, 0.5) is 20.5 Å². The van der Waals surface area contributed by atoms with Crippen LogP contribution in [-0.2, 0) is 20.8 Å². The molecule has 0 radical (unpaired) electrons. The van der Waals surface area contributed by atoms with Crippen molar-refractivity contribution in [3.05, 3.63) is 59.4 Å². The number of piperazine rings is 1. The van der Waals surface area contributed by atoms with Gasteiger partial charge in [0.05, 0.1) is 42.7 Å². The van der Waals surface area contributed by atoms with Crippen LogP contribution in [0.1, 0.15) is 35.5 Å². The largest absolute Gasteiger partial charge is 0.379 e. The molecule has 0 saturated carbocycles. The van der Waals surface area contributed by atoms with Crippen molar-refractivity contribution < 1.29 is 23.9 Å². The molecule has 12 nitrogen and oxygen atoms in total. The van der Waals surface area contributed by atoms with Crippen LogP contribution in [0.15, 0.2) is 42.6 Å². The molecular weight excluding hydrogens is 618 g/mol. The number of nitrogens with one attached hydrogen (secondary N) is 2. The van der Waals surface area contributed by atoms with Gasteiger partial charge in [0, 0.05) is 70.3 Å². The lowest BCUT2D eigenvalue weighted by atomic mass is 9.97. The third kappa shape index (κ3) is 7.28. The highest BCUT2D eigenvalue weighted by molar-refractivity contribution is 7.20. The van der Waals surface area contributed by atoms with Crippen molar-refractivity contribution in [3.8, 4) is 11.1 Å². The van der Waals surface area contributed by atoms with Crippen LogP contribution in [0.5, 0.6) is 0 Å². The lowest BCUT2D eigenvalue weighted by Gasteiger charge is -2.44. The highest BCUT2D eigenvalue weighted by Gasteiger charge is 2.44. The number of hydrogen-bond donors (Lipinski definition) is 2. The molecule has 0 bridgehead atoms. The minimum Gasteiger partial charge on any atom is -0.379 e. The van der Waals surface area contributed by atoms with E-state index in [1.807, 2.05) is 43.5 Å². The summed E-state index contributed by atoms with van der Waals surface area (Å²) in [7, 11) is 1.75. The van der Waals surface area contributed by atoms with Crippen molar-refractivity contribution in [3.63, 3.8) is 0 Å². The molecule has 3 aromatic rings. The number of anilines is 3. The van der Waals surface area contributed by atoms with Crippen molar-refractivity contribution in [1.82, 2.24) is 19.7 Å². The summed E-state index contributed by atoms with van der Waals surface area (Å²) in [6, 6.07) is 11.2. The summed E-state index contributed by atoms with van der Waals surface area (Å²) in [4.78, 5) is 52.9. The van der Waals surface area contributed by atoms with E-state index in [2.05, 4.69) is 26.5 Å². The maximum Gasteiger partial charge on any atom is 0.324 e. The molecule has 3 saturated heterocycles. The second kappa shape index (κ2) is 14.0. The Hall–Kier alpha value is -4.04. The Balaban J connectivity index is 1.19. The smallest absolute Gasteiger partial charge is 0.324 e. The van der Waals surface area contributed by atoms with E-state index < -0.39 is 11.6 Å². The molecule has 3 aliphatic heterocycles. The van der Waals surface area contributed by atoms with Crippen molar-refractivity contribution in [2.75, 3.05) is 88.3 Å². The first-order valence-corrected chi connectivity index (χ1v) is 16.9. The maximum absolute atomic E-state index is 14.0. The van der Waals surface area contributed by atoms with Gasteiger partial charge < -0.3 is 29.5 Å². The van der Waals surface area contributed by atoms with Gasteiger partial charge in [-0.25, -0.2) is 4.79 Å². The van der Waals surface area contributed by atoms with Crippen molar-refractivity contribution in [2.45, 2.75) is 32.9 Å². The number of nitrogens with zero attached hydrogens (tertiary/aromatic N) is 5. The first-order chi connectivity index (χ1) is 22.6. The van der Waals surface area contributed by atoms with Crippen LogP contribution in [0.3, 0.4) is 0 Å². The molecule has 0 atom stereocenters. The SMILES string of the molecule is Cc1ccc(NC(=O)Nc2sc(N3CCOCC3)cc2C(=O)N2CCN(C)C(=O)C2(C)C)cc1-c1ccc(CN2CCOCC2)nc1. The van der Waals surface area contributed by atoms with E-state index in [1.165, 1.54) is 11.3 Å². The molecule has 47 heavy (non-hydrogen) atoms. The number of benzene rings is 1. The number of hydrogen-bond acceptors (Lipinski definition) is 9. The van der Waals surface area contributed by atoms with E-state index >= 15 is 0 Å². The van der Waals surface area contributed by atoms with Gasteiger partial charge in [0.25, 0.3) is 5.91 Å². The number of urea groups is 1. The molecule has 3 aliphatic rings. The summed E-state index contributed by atoms with van der Waals surface area (Å²) in [5.41, 5.74) is 3.96. The molecule has 13 heteroatoms. The van der Waals surface area contributed by atoms with Crippen molar-refractivity contribution in [1.29, 1.82) is 0 Å². The number of thiophene rings is 1. The molecule has 1 aromatic carbocycles. The summed E-state index contributed by atoms with van der Waals surface area (Å²) >= 11 is 1.35. The number of aromatic nitrogens is 1. The topological polar surface area (TPSA) is 120 Å². The summed E-state index contributed by atoms with van der Waals surface area (Å²) < 4.78 is 11.0. The molecule has 6 rings (SSSR count). The van der Waals surface area contributed by atoms with Gasteiger partial charge >= 0.3 is 6.03 Å². The Morgan fingerprint density at radius 1 is 0.936 bits per heavy atom. The van der Waals surface area contributed by atoms with Gasteiger partial charge in [-0.3, -0.25) is 24.8 Å². The van der Waals surface area contributed by atoms with E-state index in [0.29, 0.717) is 55.6 Å². The number of morpholine rings is 2. The average molecular weight is 662 g/mol. The predicted octanol–water partition coefficient (Wildman–Crippen LogP) is 4.12. The van der Waals surface area contributed by atoms with Gasteiger partial charge in [0.15, 0.2) is 0 Å². The van der Waals surface area contributed by atoms with Crippen LogP contribution in [0, 0.1) is 6.92 Å². The Labute approximate surface area is 279 Å². The van der Waals surface area contributed by atoms with Crippen molar-refractivity contribution >= 4 is 44.9 Å². The number of pyridine rings is 1. The van der Waals surface area contributed by atoms with Crippen molar-refractivity contribution in [2.24, 2.45) is 0 Å². The molecule has 2 N–H and O–H groups in total. The normalized spacial score (nSPS) is 18.7. The number of carbonyl (C=O) groups is 3. The fraction of sp³-hybridized carbons (Fsp3) is 0.471. The minimum atomic E-state index is -1.02. The number of amides is 4. The van der Waals surface area contributed by atoms with Crippen LogP contribution >= 0.6 is 11.3 Å². The van der Waals surface area contributed by atoms with Crippen LogP contribution < -0.4 is 15.5 Å². The summed E-state index contributed by atoms with van der Waals surface area (Å²) in [6.07, 6.45) is 1.88. The fourth-order valence-electron chi connectivity index (χ4n) is 6.23. The predicted molar refractivity (Wildman–Crippen MR) is 183 cm³/mol. The van der Waals surface area contributed by atoms with Gasteiger partial charge in [-0.2, -0.15) is 0 Å². The highest BCUT2D eigenvalue weighted by atomic mass is 32.1. The third-order valence-corrected chi connectivity index (χ3v) is 10.2. The lowest BCUT2D eigenvalue weighted by molar-refractivity contribution is -0.144. The van der Waals surface area contributed by atoms with Crippen LogP contribution in [0.25, 0.3) is 11.1 Å². The third-order valence-electron chi connectivity index (χ3n) is 9.07. The fourth-order valence-corrected chi connectivity index (χ4v) is 7.32. The van der Waals surface area contributed by atoms with Gasteiger partial charge in [-0.1, -0.05) is 23.5 Å². The first-order valence-electron chi connectivity index (χ1n) is 16.1. The molecule has 0 spiro atoms. The number of ether oxygens (including phenoxy) is 2. The highest BCUT2D eigenvalue weighted by Crippen LogP contribution is 2.38. The molecular formula is C34H43N7O5S. The molecule has 5 heterocycles. The zero-order valence-electron chi connectivity index (χ0n) is 27.5. The molecule has 250 valence electrons. The Morgan fingerprint density at radius 3 is 2.36 bits per heavy atom. The van der Waals surface area contributed by atoms with E-state index in [-0.39, 0.29) is 11.8 Å². The van der Waals surface area contributed by atoms with E-state index in [0.717, 1.165) is 60.2 Å². The monoisotopic (exact) mass is 661 g/mol. The second-order valence-electron chi connectivity index (χ2n) is 12.7. The van der Waals surface area contributed by atoms with Gasteiger partial charge in [-0.05, 0) is 56.2 Å². The average Bonchev–Trinajstić information content (AvgIpc) is 3.49.